The first-order valence-corrected chi connectivity index (χ1v) is 9.58. The standard InChI is InChI=1S/C24H24N2O2/c1-3-25(16-18-10-4-9-15-23(18)28-2)24(27)17-26-21-13-7-5-11-19(21)20-12-6-8-14-22(20)26/h4-15H,3,16-17H2,1-2H3. The van der Waals surface area contributed by atoms with Gasteiger partial charge in [-0.15, -0.1) is 0 Å². The summed E-state index contributed by atoms with van der Waals surface area (Å²) in [7, 11) is 1.66. The summed E-state index contributed by atoms with van der Waals surface area (Å²) in [5, 5.41) is 2.36. The second-order valence-corrected chi connectivity index (χ2v) is 6.84. The fourth-order valence-corrected chi connectivity index (χ4v) is 3.82. The highest BCUT2D eigenvalue weighted by Crippen LogP contribution is 2.29. The fourth-order valence-electron chi connectivity index (χ4n) is 3.82. The number of methoxy groups -OCH3 is 1. The zero-order valence-corrected chi connectivity index (χ0v) is 16.3. The molecule has 3 aromatic carbocycles. The van der Waals surface area contributed by atoms with Gasteiger partial charge in [0.1, 0.15) is 12.3 Å². The molecule has 1 heterocycles. The van der Waals surface area contributed by atoms with Crippen molar-refractivity contribution in [3.63, 3.8) is 0 Å². The maximum Gasteiger partial charge on any atom is 0.242 e. The molecule has 0 atom stereocenters. The molecule has 4 rings (SSSR count). The lowest BCUT2D eigenvalue weighted by Gasteiger charge is -2.23. The summed E-state index contributed by atoms with van der Waals surface area (Å²) >= 11 is 0. The Kier molecular flexibility index (Phi) is 5.02. The van der Waals surface area contributed by atoms with Gasteiger partial charge in [-0.05, 0) is 25.1 Å². The van der Waals surface area contributed by atoms with Crippen LogP contribution in [0.1, 0.15) is 12.5 Å². The van der Waals surface area contributed by atoms with Gasteiger partial charge in [0.05, 0.1) is 7.11 Å². The van der Waals surface area contributed by atoms with Gasteiger partial charge in [0.2, 0.25) is 5.91 Å². The third-order valence-electron chi connectivity index (χ3n) is 5.26. The molecule has 1 amide bonds. The van der Waals surface area contributed by atoms with Gasteiger partial charge >= 0.3 is 0 Å². The van der Waals surface area contributed by atoms with Gasteiger partial charge < -0.3 is 14.2 Å². The van der Waals surface area contributed by atoms with E-state index in [1.54, 1.807) is 7.11 Å². The lowest BCUT2D eigenvalue weighted by Crippen LogP contribution is -2.33. The van der Waals surface area contributed by atoms with Gasteiger partial charge in [-0.25, -0.2) is 0 Å². The van der Waals surface area contributed by atoms with Gasteiger partial charge in [-0.1, -0.05) is 54.6 Å². The molecule has 0 unspecified atom stereocenters. The number of fused-ring (bicyclic) bond motifs is 3. The van der Waals surface area contributed by atoms with Crippen molar-refractivity contribution < 1.29 is 9.53 Å². The number of nitrogens with zero attached hydrogens (tertiary/aromatic N) is 2. The van der Waals surface area contributed by atoms with Crippen LogP contribution in [0.3, 0.4) is 0 Å². The highest BCUT2D eigenvalue weighted by atomic mass is 16.5. The number of hydrogen-bond acceptors (Lipinski definition) is 2. The van der Waals surface area contributed by atoms with Crippen LogP contribution in [0.5, 0.6) is 5.75 Å². The molecule has 28 heavy (non-hydrogen) atoms. The lowest BCUT2D eigenvalue weighted by atomic mass is 10.2. The van der Waals surface area contributed by atoms with Gasteiger partial charge in [0, 0.05) is 40.5 Å². The van der Waals surface area contributed by atoms with Crippen LogP contribution in [0.25, 0.3) is 21.8 Å². The quantitative estimate of drug-likeness (QED) is 0.485. The summed E-state index contributed by atoms with van der Waals surface area (Å²) in [5.41, 5.74) is 3.19. The van der Waals surface area contributed by atoms with Crippen LogP contribution < -0.4 is 4.74 Å². The maximum atomic E-state index is 13.2. The van der Waals surface area contributed by atoms with E-state index in [0.29, 0.717) is 19.6 Å². The summed E-state index contributed by atoms with van der Waals surface area (Å²) in [6, 6.07) is 24.4. The first-order valence-electron chi connectivity index (χ1n) is 9.58. The minimum atomic E-state index is 0.0971. The largest absolute Gasteiger partial charge is 0.496 e. The maximum absolute atomic E-state index is 13.2. The molecule has 0 aliphatic heterocycles. The Balaban J connectivity index is 1.67. The molecule has 4 heteroatoms. The lowest BCUT2D eigenvalue weighted by molar-refractivity contribution is -0.132. The number of amides is 1. The van der Waals surface area contributed by atoms with Crippen molar-refractivity contribution in [1.29, 1.82) is 0 Å². The van der Waals surface area contributed by atoms with E-state index >= 15 is 0 Å². The van der Waals surface area contributed by atoms with Crippen LogP contribution in [-0.2, 0) is 17.9 Å². The minimum Gasteiger partial charge on any atom is -0.496 e. The highest BCUT2D eigenvalue weighted by molar-refractivity contribution is 6.08. The Morgan fingerprint density at radius 1 is 0.893 bits per heavy atom. The average molecular weight is 372 g/mol. The number of aromatic nitrogens is 1. The monoisotopic (exact) mass is 372 g/mol. The van der Waals surface area contributed by atoms with E-state index in [1.165, 1.54) is 10.8 Å². The average Bonchev–Trinajstić information content (AvgIpc) is 3.06. The summed E-state index contributed by atoms with van der Waals surface area (Å²) in [4.78, 5) is 15.1. The van der Waals surface area contributed by atoms with Crippen molar-refractivity contribution >= 4 is 27.7 Å². The third kappa shape index (κ3) is 3.22. The fraction of sp³-hybridized carbons (Fsp3) is 0.208. The molecule has 0 aliphatic rings. The minimum absolute atomic E-state index is 0.0971. The molecule has 0 N–H and O–H groups in total. The van der Waals surface area contributed by atoms with Crippen LogP contribution in [0.15, 0.2) is 72.8 Å². The predicted molar refractivity (Wildman–Crippen MR) is 114 cm³/mol. The van der Waals surface area contributed by atoms with Crippen molar-refractivity contribution in [2.24, 2.45) is 0 Å². The van der Waals surface area contributed by atoms with E-state index in [2.05, 4.69) is 28.8 Å². The second kappa shape index (κ2) is 7.77. The molecule has 0 fully saturated rings. The molecule has 0 aliphatic carbocycles. The number of hydrogen-bond donors (Lipinski definition) is 0. The zero-order valence-electron chi connectivity index (χ0n) is 16.3. The number of benzene rings is 3. The molecule has 4 aromatic rings. The smallest absolute Gasteiger partial charge is 0.242 e. The summed E-state index contributed by atoms with van der Waals surface area (Å²) < 4.78 is 7.57. The van der Waals surface area contributed by atoms with Crippen molar-refractivity contribution in [1.82, 2.24) is 9.47 Å². The van der Waals surface area contributed by atoms with Gasteiger partial charge in [-0.3, -0.25) is 4.79 Å². The third-order valence-corrected chi connectivity index (χ3v) is 5.26. The first-order chi connectivity index (χ1) is 13.7. The summed E-state index contributed by atoms with van der Waals surface area (Å²) in [6.45, 7) is 3.51. The molecule has 1 aromatic heterocycles. The second-order valence-electron chi connectivity index (χ2n) is 6.84. The van der Waals surface area contributed by atoms with Crippen molar-refractivity contribution in [2.75, 3.05) is 13.7 Å². The molecule has 0 saturated carbocycles. The Morgan fingerprint density at radius 2 is 1.46 bits per heavy atom. The Morgan fingerprint density at radius 3 is 2.07 bits per heavy atom. The SMILES string of the molecule is CCN(Cc1ccccc1OC)C(=O)Cn1c2ccccc2c2ccccc21. The molecular formula is C24H24N2O2. The van der Waals surface area contributed by atoms with Gasteiger partial charge in [0.15, 0.2) is 0 Å². The molecule has 0 bridgehead atoms. The van der Waals surface area contributed by atoms with Crippen molar-refractivity contribution in [2.45, 2.75) is 20.0 Å². The van der Waals surface area contributed by atoms with E-state index in [9.17, 15) is 4.79 Å². The molecule has 0 spiro atoms. The van der Waals surface area contributed by atoms with Crippen LogP contribution in [0.4, 0.5) is 0 Å². The van der Waals surface area contributed by atoms with E-state index in [-0.39, 0.29) is 5.91 Å². The number of likely N-dealkylation sites (N-methyl/N-ethyl adjacent to an activating group) is 1. The van der Waals surface area contributed by atoms with E-state index in [4.69, 9.17) is 4.74 Å². The summed E-state index contributed by atoms with van der Waals surface area (Å²) in [5.74, 6) is 0.908. The normalized spacial score (nSPS) is 11.1. The predicted octanol–water partition coefficient (Wildman–Crippen LogP) is 4.85. The number of para-hydroxylation sites is 3. The van der Waals surface area contributed by atoms with E-state index < -0.39 is 0 Å². The topological polar surface area (TPSA) is 34.5 Å². The molecule has 4 nitrogen and oxygen atoms in total. The number of carbonyl (C=O) groups excluding carboxylic acids is 1. The van der Waals surface area contributed by atoms with Gasteiger partial charge in [0.25, 0.3) is 0 Å². The number of rotatable bonds is 6. The van der Waals surface area contributed by atoms with Crippen LogP contribution in [0, 0.1) is 0 Å². The van der Waals surface area contributed by atoms with Crippen LogP contribution in [0.2, 0.25) is 0 Å². The number of ether oxygens (including phenoxy) is 1. The number of carbonyl (C=O) groups is 1. The summed E-state index contributed by atoms with van der Waals surface area (Å²) in [6.07, 6.45) is 0. The zero-order chi connectivity index (χ0) is 19.5. The van der Waals surface area contributed by atoms with Crippen molar-refractivity contribution in [3.05, 3.63) is 78.4 Å². The van der Waals surface area contributed by atoms with Crippen LogP contribution >= 0.6 is 0 Å². The molecule has 142 valence electrons. The Hall–Kier alpha value is -3.27. The molecular weight excluding hydrogens is 348 g/mol. The van der Waals surface area contributed by atoms with Crippen LogP contribution in [-0.4, -0.2) is 29.0 Å². The van der Waals surface area contributed by atoms with Gasteiger partial charge in [-0.2, -0.15) is 0 Å². The molecule has 0 radical (unpaired) electrons. The van der Waals surface area contributed by atoms with Crippen molar-refractivity contribution in [3.8, 4) is 5.75 Å². The Labute approximate surface area is 164 Å². The van der Waals surface area contributed by atoms with E-state index in [0.717, 1.165) is 22.3 Å². The molecule has 0 saturated heterocycles. The highest BCUT2D eigenvalue weighted by Gasteiger charge is 2.18. The Bertz CT molecular complexity index is 1080. The van der Waals surface area contributed by atoms with E-state index in [1.807, 2.05) is 60.4 Å². The first kappa shape index (κ1) is 18.1.